The number of halogens is 1. The molecule has 0 spiro atoms. The Labute approximate surface area is 127 Å². The van der Waals surface area contributed by atoms with Crippen LogP contribution in [0.5, 0.6) is 0 Å². The summed E-state index contributed by atoms with van der Waals surface area (Å²) in [5.74, 6) is -1.29. The normalized spacial score (nSPS) is 13.9. The van der Waals surface area contributed by atoms with Crippen LogP contribution >= 0.6 is 0 Å². The number of para-hydroxylation sites is 1. The average molecular weight is 298 g/mol. The molecule has 0 aliphatic carbocycles. The van der Waals surface area contributed by atoms with Crippen LogP contribution in [0.1, 0.15) is 15.9 Å². The third kappa shape index (κ3) is 2.63. The molecule has 0 bridgehead atoms. The summed E-state index contributed by atoms with van der Waals surface area (Å²) < 4.78 is 13.2. The minimum atomic E-state index is -0.521. The van der Waals surface area contributed by atoms with Crippen molar-refractivity contribution in [3.8, 4) is 0 Å². The van der Waals surface area contributed by atoms with Crippen LogP contribution in [0.15, 0.2) is 48.5 Å². The molecule has 1 heterocycles. The van der Waals surface area contributed by atoms with Crippen molar-refractivity contribution in [2.24, 2.45) is 0 Å². The predicted octanol–water partition coefficient (Wildman–Crippen LogP) is 2.44. The molecule has 0 N–H and O–H groups in total. The van der Waals surface area contributed by atoms with Gasteiger partial charge in [-0.15, -0.1) is 0 Å². The number of amides is 1. The topological polar surface area (TPSA) is 40.6 Å². The quantitative estimate of drug-likeness (QED) is 0.814. The van der Waals surface area contributed by atoms with E-state index in [1.807, 2.05) is 18.0 Å². The first-order chi connectivity index (χ1) is 10.6. The Morgan fingerprint density at radius 2 is 1.86 bits per heavy atom. The predicted molar refractivity (Wildman–Crippen MR) is 81.0 cm³/mol. The number of ketones is 1. The van der Waals surface area contributed by atoms with E-state index in [1.165, 1.54) is 17.0 Å². The van der Waals surface area contributed by atoms with Crippen molar-refractivity contribution < 1.29 is 14.0 Å². The fraction of sp³-hybridized carbons (Fsp3) is 0.176. The van der Waals surface area contributed by atoms with Gasteiger partial charge in [-0.05, 0) is 36.9 Å². The van der Waals surface area contributed by atoms with Crippen molar-refractivity contribution in [1.82, 2.24) is 4.90 Å². The molecule has 2 aromatic rings. The Morgan fingerprint density at radius 3 is 2.64 bits per heavy atom. The molecule has 0 unspecified atom stereocenters. The molecule has 0 fully saturated rings. The van der Waals surface area contributed by atoms with Crippen LogP contribution < -0.4 is 4.90 Å². The highest BCUT2D eigenvalue weighted by atomic mass is 19.1. The molecular formula is C17H15FN2O2. The standard InChI is InChI=1S/C17H15FN2O2/c1-19(10-12-5-4-6-13(18)9-12)11-20-15-8-3-2-7-14(15)16(21)17(20)22/h2-9H,10-11H2,1H3. The van der Waals surface area contributed by atoms with Crippen molar-refractivity contribution in [1.29, 1.82) is 0 Å². The number of nitrogens with zero attached hydrogens (tertiary/aromatic N) is 2. The number of carbonyl (C=O) groups excluding carboxylic acids is 2. The maximum atomic E-state index is 13.2. The molecule has 2 aromatic carbocycles. The molecule has 0 saturated heterocycles. The molecule has 0 saturated carbocycles. The molecule has 1 aliphatic rings. The van der Waals surface area contributed by atoms with Crippen LogP contribution in [0.3, 0.4) is 0 Å². The lowest BCUT2D eigenvalue weighted by Crippen LogP contribution is -2.38. The van der Waals surface area contributed by atoms with E-state index in [2.05, 4.69) is 0 Å². The zero-order valence-electron chi connectivity index (χ0n) is 12.1. The van der Waals surface area contributed by atoms with E-state index >= 15 is 0 Å². The van der Waals surface area contributed by atoms with Gasteiger partial charge in [-0.25, -0.2) is 4.39 Å². The molecule has 0 radical (unpaired) electrons. The minimum absolute atomic E-state index is 0.276. The summed E-state index contributed by atoms with van der Waals surface area (Å²) in [6.45, 7) is 0.760. The van der Waals surface area contributed by atoms with Gasteiger partial charge in [0, 0.05) is 6.54 Å². The number of benzene rings is 2. The smallest absolute Gasteiger partial charge is 0.291 e. The Balaban J connectivity index is 1.76. The lowest BCUT2D eigenvalue weighted by Gasteiger charge is -2.24. The van der Waals surface area contributed by atoms with Gasteiger partial charge < -0.3 is 0 Å². The highest BCUT2D eigenvalue weighted by molar-refractivity contribution is 6.52. The SMILES string of the molecule is CN(Cc1cccc(F)c1)CN1C(=O)C(=O)c2ccccc21. The van der Waals surface area contributed by atoms with Crippen LogP contribution in [0, 0.1) is 5.82 Å². The molecule has 5 heteroatoms. The number of Topliss-reactive ketones (excluding diaryl/α,β-unsaturated/α-hetero) is 1. The first-order valence-corrected chi connectivity index (χ1v) is 6.94. The molecule has 0 aromatic heterocycles. The van der Waals surface area contributed by atoms with Crippen LogP contribution in [-0.2, 0) is 11.3 Å². The first-order valence-electron chi connectivity index (χ1n) is 6.94. The number of carbonyl (C=O) groups is 2. The van der Waals surface area contributed by atoms with Crippen LogP contribution in [-0.4, -0.2) is 30.3 Å². The molecule has 1 aliphatic heterocycles. The van der Waals surface area contributed by atoms with Gasteiger partial charge in [0.25, 0.3) is 5.78 Å². The van der Waals surface area contributed by atoms with E-state index < -0.39 is 11.7 Å². The number of fused-ring (bicyclic) bond motifs is 1. The van der Waals surface area contributed by atoms with Gasteiger partial charge in [0.1, 0.15) is 5.82 Å². The van der Waals surface area contributed by atoms with E-state index in [9.17, 15) is 14.0 Å². The molecular weight excluding hydrogens is 283 g/mol. The Morgan fingerprint density at radius 1 is 1.09 bits per heavy atom. The maximum Gasteiger partial charge on any atom is 0.300 e. The number of rotatable bonds is 4. The second-order valence-electron chi connectivity index (χ2n) is 5.36. The minimum Gasteiger partial charge on any atom is -0.291 e. The zero-order valence-corrected chi connectivity index (χ0v) is 12.1. The third-order valence-corrected chi connectivity index (χ3v) is 3.60. The highest BCUT2D eigenvalue weighted by Crippen LogP contribution is 2.28. The van der Waals surface area contributed by atoms with E-state index in [4.69, 9.17) is 0 Å². The van der Waals surface area contributed by atoms with Crippen LogP contribution in [0.4, 0.5) is 10.1 Å². The molecule has 3 rings (SSSR count). The summed E-state index contributed by atoms with van der Waals surface area (Å²) in [6.07, 6.45) is 0. The number of hydrogen-bond donors (Lipinski definition) is 0. The zero-order chi connectivity index (χ0) is 15.7. The van der Waals surface area contributed by atoms with Crippen LogP contribution in [0.25, 0.3) is 0 Å². The third-order valence-electron chi connectivity index (χ3n) is 3.60. The van der Waals surface area contributed by atoms with Crippen molar-refractivity contribution in [2.45, 2.75) is 6.54 Å². The second kappa shape index (κ2) is 5.69. The lowest BCUT2D eigenvalue weighted by molar-refractivity contribution is -0.114. The Bertz CT molecular complexity index is 745. The van der Waals surface area contributed by atoms with Gasteiger partial charge in [0.05, 0.1) is 17.9 Å². The van der Waals surface area contributed by atoms with Crippen molar-refractivity contribution in [3.05, 3.63) is 65.5 Å². The summed E-state index contributed by atoms with van der Waals surface area (Å²) in [6, 6.07) is 13.3. The molecule has 112 valence electrons. The van der Waals surface area contributed by atoms with Gasteiger partial charge in [0.15, 0.2) is 0 Å². The summed E-state index contributed by atoms with van der Waals surface area (Å²) in [5.41, 5.74) is 1.88. The van der Waals surface area contributed by atoms with Gasteiger partial charge in [-0.1, -0.05) is 24.3 Å². The number of hydrogen-bond acceptors (Lipinski definition) is 3. The van der Waals surface area contributed by atoms with Crippen molar-refractivity contribution in [2.75, 3.05) is 18.6 Å². The Hall–Kier alpha value is -2.53. The monoisotopic (exact) mass is 298 g/mol. The summed E-state index contributed by atoms with van der Waals surface area (Å²) in [7, 11) is 1.82. The van der Waals surface area contributed by atoms with E-state index in [1.54, 1.807) is 30.3 Å². The van der Waals surface area contributed by atoms with Crippen LogP contribution in [0.2, 0.25) is 0 Å². The van der Waals surface area contributed by atoms with Crippen molar-refractivity contribution in [3.63, 3.8) is 0 Å². The van der Waals surface area contributed by atoms with Crippen molar-refractivity contribution >= 4 is 17.4 Å². The van der Waals surface area contributed by atoms with Gasteiger partial charge in [-0.3, -0.25) is 19.4 Å². The molecule has 1 amide bonds. The molecule has 4 nitrogen and oxygen atoms in total. The van der Waals surface area contributed by atoms with E-state index in [-0.39, 0.29) is 12.5 Å². The van der Waals surface area contributed by atoms with Gasteiger partial charge in [-0.2, -0.15) is 0 Å². The van der Waals surface area contributed by atoms with E-state index in [0.717, 1.165) is 5.56 Å². The number of anilines is 1. The molecule has 22 heavy (non-hydrogen) atoms. The lowest BCUT2D eigenvalue weighted by atomic mass is 10.1. The highest BCUT2D eigenvalue weighted by Gasteiger charge is 2.35. The second-order valence-corrected chi connectivity index (χ2v) is 5.36. The van der Waals surface area contributed by atoms with Gasteiger partial charge in [0.2, 0.25) is 0 Å². The fourth-order valence-electron chi connectivity index (χ4n) is 2.63. The fourth-order valence-corrected chi connectivity index (χ4v) is 2.63. The molecule has 0 atom stereocenters. The Kier molecular flexibility index (Phi) is 3.73. The van der Waals surface area contributed by atoms with E-state index in [0.29, 0.717) is 17.8 Å². The summed E-state index contributed by atoms with van der Waals surface area (Å²) in [5, 5.41) is 0. The average Bonchev–Trinajstić information content (AvgIpc) is 2.73. The van der Waals surface area contributed by atoms with Gasteiger partial charge >= 0.3 is 5.91 Å². The summed E-state index contributed by atoms with van der Waals surface area (Å²) >= 11 is 0. The largest absolute Gasteiger partial charge is 0.300 e. The first kappa shape index (κ1) is 14.4. The maximum absolute atomic E-state index is 13.2. The summed E-state index contributed by atoms with van der Waals surface area (Å²) in [4.78, 5) is 27.3.